The number of fused-ring (bicyclic) bond motifs is 1. The second-order valence-electron chi connectivity index (χ2n) is 7.86. The molecule has 1 fully saturated rings. The zero-order chi connectivity index (χ0) is 18.2. The van der Waals surface area contributed by atoms with Crippen molar-refractivity contribution in [3.05, 3.63) is 23.8 Å². The highest BCUT2D eigenvalue weighted by molar-refractivity contribution is 5.73. The molecular weight excluding hydrogens is 314 g/mol. The van der Waals surface area contributed by atoms with Crippen LogP contribution >= 0.6 is 0 Å². The van der Waals surface area contributed by atoms with Gasteiger partial charge in [0.1, 0.15) is 0 Å². The van der Waals surface area contributed by atoms with Crippen molar-refractivity contribution in [2.45, 2.75) is 83.3 Å². The van der Waals surface area contributed by atoms with Crippen molar-refractivity contribution < 1.29 is 15.0 Å². The first-order chi connectivity index (χ1) is 12.0. The van der Waals surface area contributed by atoms with Gasteiger partial charge in [0, 0.05) is 12.3 Å². The number of allylic oxidation sites excluding steroid dienone is 2. The van der Waals surface area contributed by atoms with Crippen LogP contribution in [-0.4, -0.2) is 28.3 Å². The largest absolute Gasteiger partial charge is 0.392 e. The van der Waals surface area contributed by atoms with Crippen LogP contribution in [0.15, 0.2) is 23.8 Å². The number of hydrogen-bond acceptors (Lipinski definition) is 3. The van der Waals surface area contributed by atoms with Crippen LogP contribution < -0.4 is 5.73 Å². The number of rotatable bonds is 11. The monoisotopic (exact) mass is 349 g/mol. The molecule has 1 saturated carbocycles. The molecule has 5 atom stereocenters. The summed E-state index contributed by atoms with van der Waals surface area (Å²) in [6, 6.07) is 0. The highest BCUT2D eigenvalue weighted by Gasteiger charge is 2.43. The number of carbonyl (C=O) groups excluding carboxylic acids is 1. The van der Waals surface area contributed by atoms with Crippen LogP contribution in [0.4, 0.5) is 0 Å². The SMILES string of the molecule is CCCCC[C@@H](O)/C=C/[C@@H]1[C@H]2CC(CCCCC(N)=O)=C[C@H]2C[C@H]1O. The van der Waals surface area contributed by atoms with E-state index in [1.807, 2.05) is 6.08 Å². The van der Waals surface area contributed by atoms with Gasteiger partial charge in [0.05, 0.1) is 12.2 Å². The molecule has 0 aromatic carbocycles. The topological polar surface area (TPSA) is 83.5 Å². The summed E-state index contributed by atoms with van der Waals surface area (Å²) in [5, 5.41) is 20.5. The fourth-order valence-electron chi connectivity index (χ4n) is 4.40. The molecule has 4 nitrogen and oxygen atoms in total. The van der Waals surface area contributed by atoms with Gasteiger partial charge in [-0.05, 0) is 50.4 Å². The lowest BCUT2D eigenvalue weighted by Gasteiger charge is -2.19. The molecule has 0 heterocycles. The Hall–Kier alpha value is -1.13. The Bertz CT molecular complexity index is 486. The molecule has 25 heavy (non-hydrogen) atoms. The molecule has 1 amide bonds. The second kappa shape index (κ2) is 10.1. The van der Waals surface area contributed by atoms with Crippen LogP contribution in [0.3, 0.4) is 0 Å². The number of amides is 1. The maximum atomic E-state index is 10.8. The van der Waals surface area contributed by atoms with Crippen molar-refractivity contribution in [1.82, 2.24) is 0 Å². The quantitative estimate of drug-likeness (QED) is 0.394. The summed E-state index contributed by atoms with van der Waals surface area (Å²) in [4.78, 5) is 10.8. The predicted molar refractivity (Wildman–Crippen MR) is 101 cm³/mol. The molecule has 2 rings (SSSR count). The molecule has 0 aliphatic heterocycles. The van der Waals surface area contributed by atoms with E-state index >= 15 is 0 Å². The molecule has 4 heteroatoms. The normalized spacial score (nSPS) is 29.8. The molecule has 142 valence electrons. The molecule has 0 radical (unpaired) electrons. The number of aliphatic hydroxyl groups excluding tert-OH is 2. The van der Waals surface area contributed by atoms with Gasteiger partial charge in [-0.2, -0.15) is 0 Å². The Kier molecular flexibility index (Phi) is 8.17. The summed E-state index contributed by atoms with van der Waals surface area (Å²) < 4.78 is 0. The van der Waals surface area contributed by atoms with E-state index in [0.29, 0.717) is 18.3 Å². The van der Waals surface area contributed by atoms with E-state index < -0.39 is 0 Å². The Morgan fingerprint density at radius 1 is 1.36 bits per heavy atom. The lowest BCUT2D eigenvalue weighted by Crippen LogP contribution is -2.18. The maximum absolute atomic E-state index is 10.8. The first-order valence-electron chi connectivity index (χ1n) is 10.0. The average molecular weight is 350 g/mol. The van der Waals surface area contributed by atoms with Crippen molar-refractivity contribution in [3.63, 3.8) is 0 Å². The number of carbonyl (C=O) groups is 1. The summed E-state index contributed by atoms with van der Waals surface area (Å²) in [5.74, 6) is 0.876. The Morgan fingerprint density at radius 3 is 2.88 bits per heavy atom. The van der Waals surface area contributed by atoms with Gasteiger partial charge < -0.3 is 15.9 Å². The maximum Gasteiger partial charge on any atom is 0.217 e. The standard InChI is InChI=1S/C21H35NO3/c1-2-3-4-8-17(23)10-11-18-19-13-15(7-5-6-9-21(22)25)12-16(19)14-20(18)24/h10-12,16-20,23-24H,2-9,13-14H2,1H3,(H2,22,25)/b11-10+/t16-,17+,18+,19-,20+/m0/s1. The van der Waals surface area contributed by atoms with Gasteiger partial charge in [-0.25, -0.2) is 0 Å². The minimum Gasteiger partial charge on any atom is -0.392 e. The highest BCUT2D eigenvalue weighted by atomic mass is 16.3. The molecular formula is C21H35NO3. The number of nitrogens with two attached hydrogens (primary N) is 1. The molecule has 0 aromatic heterocycles. The molecule has 2 aliphatic rings. The van der Waals surface area contributed by atoms with Gasteiger partial charge in [0.25, 0.3) is 0 Å². The van der Waals surface area contributed by atoms with Crippen LogP contribution in [0.2, 0.25) is 0 Å². The summed E-state index contributed by atoms with van der Waals surface area (Å²) in [6.07, 6.45) is 15.1. The third kappa shape index (κ3) is 6.27. The third-order valence-corrected chi connectivity index (χ3v) is 5.78. The zero-order valence-electron chi connectivity index (χ0n) is 15.6. The van der Waals surface area contributed by atoms with Crippen LogP contribution in [0, 0.1) is 17.8 Å². The lowest BCUT2D eigenvalue weighted by molar-refractivity contribution is -0.118. The summed E-state index contributed by atoms with van der Waals surface area (Å²) in [6.45, 7) is 2.16. The molecule has 4 N–H and O–H groups in total. The van der Waals surface area contributed by atoms with E-state index in [1.54, 1.807) is 0 Å². The van der Waals surface area contributed by atoms with Gasteiger partial charge in [0.2, 0.25) is 5.91 Å². The van der Waals surface area contributed by atoms with Gasteiger partial charge in [0.15, 0.2) is 0 Å². The third-order valence-electron chi connectivity index (χ3n) is 5.78. The van der Waals surface area contributed by atoms with Crippen molar-refractivity contribution in [3.8, 4) is 0 Å². The van der Waals surface area contributed by atoms with Gasteiger partial charge in [-0.3, -0.25) is 4.79 Å². The molecule has 0 bridgehead atoms. The van der Waals surface area contributed by atoms with Crippen LogP contribution in [0.1, 0.15) is 71.1 Å². The van der Waals surface area contributed by atoms with Gasteiger partial charge >= 0.3 is 0 Å². The van der Waals surface area contributed by atoms with E-state index in [9.17, 15) is 15.0 Å². The minimum atomic E-state index is -0.388. The predicted octanol–water partition coefficient (Wildman–Crippen LogP) is 3.47. The molecule has 0 saturated heterocycles. The minimum absolute atomic E-state index is 0.158. The van der Waals surface area contributed by atoms with Crippen molar-refractivity contribution in [2.24, 2.45) is 23.5 Å². The molecule has 0 aromatic rings. The Labute approximate surface area is 152 Å². The van der Waals surface area contributed by atoms with E-state index in [-0.39, 0.29) is 24.0 Å². The fourth-order valence-corrected chi connectivity index (χ4v) is 4.40. The van der Waals surface area contributed by atoms with Crippen molar-refractivity contribution in [2.75, 3.05) is 0 Å². The van der Waals surface area contributed by atoms with Crippen LogP contribution in [0.25, 0.3) is 0 Å². The first-order valence-corrected chi connectivity index (χ1v) is 10.0. The van der Waals surface area contributed by atoms with Crippen LogP contribution in [0.5, 0.6) is 0 Å². The Morgan fingerprint density at radius 2 is 2.16 bits per heavy atom. The molecule has 2 aliphatic carbocycles. The van der Waals surface area contributed by atoms with Gasteiger partial charge in [-0.15, -0.1) is 0 Å². The lowest BCUT2D eigenvalue weighted by atomic mass is 9.88. The smallest absolute Gasteiger partial charge is 0.217 e. The second-order valence-corrected chi connectivity index (χ2v) is 7.86. The molecule has 0 spiro atoms. The van der Waals surface area contributed by atoms with Gasteiger partial charge in [-0.1, -0.05) is 50.0 Å². The number of aliphatic hydroxyl groups is 2. The van der Waals surface area contributed by atoms with E-state index in [2.05, 4.69) is 19.1 Å². The average Bonchev–Trinajstić information content (AvgIpc) is 3.06. The highest BCUT2D eigenvalue weighted by Crippen LogP contribution is 2.48. The summed E-state index contributed by atoms with van der Waals surface area (Å²) in [7, 11) is 0. The number of primary amides is 1. The van der Waals surface area contributed by atoms with Crippen molar-refractivity contribution in [1.29, 1.82) is 0 Å². The number of unbranched alkanes of at least 4 members (excludes halogenated alkanes) is 3. The Balaban J connectivity index is 1.78. The number of hydrogen-bond donors (Lipinski definition) is 3. The zero-order valence-corrected chi connectivity index (χ0v) is 15.6. The first kappa shape index (κ1) is 20.2. The van der Waals surface area contributed by atoms with Crippen LogP contribution in [-0.2, 0) is 4.79 Å². The van der Waals surface area contributed by atoms with E-state index in [0.717, 1.165) is 57.8 Å². The van der Waals surface area contributed by atoms with E-state index in [1.165, 1.54) is 5.57 Å². The summed E-state index contributed by atoms with van der Waals surface area (Å²) >= 11 is 0. The molecule has 0 unspecified atom stereocenters. The summed E-state index contributed by atoms with van der Waals surface area (Å²) in [5.41, 5.74) is 6.65. The van der Waals surface area contributed by atoms with E-state index in [4.69, 9.17) is 5.73 Å². The fraction of sp³-hybridized carbons (Fsp3) is 0.762. The van der Waals surface area contributed by atoms with Crippen molar-refractivity contribution >= 4 is 5.91 Å².